The van der Waals surface area contributed by atoms with Gasteiger partial charge >= 0.3 is 0 Å². The third-order valence-corrected chi connectivity index (χ3v) is 4.73. The topological polar surface area (TPSA) is 76.1 Å². The van der Waals surface area contributed by atoms with Gasteiger partial charge in [0.05, 0.1) is 6.10 Å². The molecular formula is C17H19BrN4O2. The predicted molar refractivity (Wildman–Crippen MR) is 95.5 cm³/mol. The van der Waals surface area contributed by atoms with Gasteiger partial charge in [-0.05, 0) is 43.5 Å². The van der Waals surface area contributed by atoms with Crippen LogP contribution in [0.5, 0.6) is 0 Å². The Kier molecular flexibility index (Phi) is 5.42. The Bertz CT molecular complexity index is 732. The molecule has 2 N–H and O–H groups in total. The highest BCUT2D eigenvalue weighted by molar-refractivity contribution is 9.10. The number of hydrogen-bond donors (Lipinski definition) is 2. The first kappa shape index (κ1) is 16.9. The second-order valence-corrected chi connectivity index (χ2v) is 6.58. The number of nitrogens with one attached hydrogen (secondary N) is 2. The molecule has 2 heterocycles. The van der Waals surface area contributed by atoms with Crippen molar-refractivity contribution in [3.05, 3.63) is 46.3 Å². The van der Waals surface area contributed by atoms with E-state index in [-0.39, 0.29) is 12.0 Å². The van der Waals surface area contributed by atoms with Crippen LogP contribution < -0.4 is 10.6 Å². The van der Waals surface area contributed by atoms with Crippen molar-refractivity contribution in [2.45, 2.75) is 25.9 Å². The molecule has 0 spiro atoms. The number of aromatic nitrogens is 2. The van der Waals surface area contributed by atoms with E-state index in [1.165, 1.54) is 6.33 Å². The summed E-state index contributed by atoms with van der Waals surface area (Å²) in [7, 11) is 0. The highest BCUT2D eigenvalue weighted by atomic mass is 79.9. The van der Waals surface area contributed by atoms with Crippen LogP contribution in [0.25, 0.3) is 0 Å². The fourth-order valence-electron chi connectivity index (χ4n) is 2.52. The third kappa shape index (κ3) is 4.30. The van der Waals surface area contributed by atoms with Gasteiger partial charge in [-0.1, -0.05) is 15.9 Å². The molecule has 1 fully saturated rings. The number of carbonyl (C=O) groups is 1. The quantitative estimate of drug-likeness (QED) is 0.819. The number of halogens is 1. The molecule has 1 unspecified atom stereocenters. The number of amides is 1. The zero-order valence-electron chi connectivity index (χ0n) is 13.4. The van der Waals surface area contributed by atoms with Crippen LogP contribution in [0.3, 0.4) is 0 Å². The van der Waals surface area contributed by atoms with Crippen molar-refractivity contribution in [1.82, 2.24) is 15.3 Å². The zero-order chi connectivity index (χ0) is 16.9. The van der Waals surface area contributed by atoms with E-state index in [4.69, 9.17) is 4.74 Å². The van der Waals surface area contributed by atoms with Crippen LogP contribution in [-0.4, -0.2) is 35.1 Å². The van der Waals surface area contributed by atoms with E-state index in [0.29, 0.717) is 18.1 Å². The summed E-state index contributed by atoms with van der Waals surface area (Å²) in [5.74, 6) is 0.358. The van der Waals surface area contributed by atoms with Crippen molar-refractivity contribution >= 4 is 33.3 Å². The first-order valence-electron chi connectivity index (χ1n) is 7.87. The van der Waals surface area contributed by atoms with Crippen molar-refractivity contribution in [2.24, 2.45) is 0 Å². The molecule has 0 bridgehead atoms. The van der Waals surface area contributed by atoms with Crippen LogP contribution >= 0.6 is 15.9 Å². The first-order valence-corrected chi connectivity index (χ1v) is 8.66. The average molecular weight is 391 g/mol. The van der Waals surface area contributed by atoms with Crippen LogP contribution in [0.1, 0.15) is 28.9 Å². The van der Waals surface area contributed by atoms with Crippen LogP contribution in [0, 0.1) is 6.92 Å². The van der Waals surface area contributed by atoms with E-state index < -0.39 is 0 Å². The third-order valence-electron chi connectivity index (χ3n) is 3.84. The molecule has 1 aliphatic heterocycles. The van der Waals surface area contributed by atoms with Gasteiger partial charge in [0.25, 0.3) is 5.91 Å². The van der Waals surface area contributed by atoms with Gasteiger partial charge in [-0.15, -0.1) is 0 Å². The summed E-state index contributed by atoms with van der Waals surface area (Å²) in [5, 5.41) is 6.05. The summed E-state index contributed by atoms with van der Waals surface area (Å²) in [4.78, 5) is 20.4. The van der Waals surface area contributed by atoms with Gasteiger partial charge in [-0.3, -0.25) is 4.79 Å². The molecule has 0 saturated carbocycles. The summed E-state index contributed by atoms with van der Waals surface area (Å²) >= 11 is 3.47. The lowest BCUT2D eigenvalue weighted by atomic mass is 10.2. The van der Waals surface area contributed by atoms with Crippen LogP contribution in [0.4, 0.5) is 11.5 Å². The highest BCUT2D eigenvalue weighted by Crippen LogP contribution is 2.22. The normalized spacial score (nSPS) is 16.8. The largest absolute Gasteiger partial charge is 0.376 e. The molecule has 3 rings (SSSR count). The lowest BCUT2D eigenvalue weighted by molar-refractivity contribution is 0.0853. The minimum atomic E-state index is -0.220. The molecule has 1 amide bonds. The van der Waals surface area contributed by atoms with E-state index in [0.717, 1.165) is 35.2 Å². The molecule has 126 valence electrons. The molecule has 2 aromatic rings. The predicted octanol–water partition coefficient (Wildman–Crippen LogP) is 3.20. The van der Waals surface area contributed by atoms with E-state index >= 15 is 0 Å². The molecule has 0 radical (unpaired) electrons. The summed E-state index contributed by atoms with van der Waals surface area (Å²) in [6.07, 6.45) is 3.53. The second kappa shape index (κ2) is 7.72. The molecule has 1 saturated heterocycles. The van der Waals surface area contributed by atoms with Crippen LogP contribution in [-0.2, 0) is 4.74 Å². The summed E-state index contributed by atoms with van der Waals surface area (Å²) in [5.41, 5.74) is 2.35. The van der Waals surface area contributed by atoms with Gasteiger partial charge in [0, 0.05) is 29.4 Å². The number of carbonyl (C=O) groups excluding carboxylic acids is 1. The van der Waals surface area contributed by atoms with Crippen molar-refractivity contribution in [1.29, 1.82) is 0 Å². The lowest BCUT2D eigenvalue weighted by Crippen LogP contribution is -2.32. The maximum absolute atomic E-state index is 12.2. The van der Waals surface area contributed by atoms with Gasteiger partial charge in [0.15, 0.2) is 0 Å². The Hall–Kier alpha value is -1.99. The Balaban J connectivity index is 1.64. The Morgan fingerprint density at radius 1 is 1.38 bits per heavy atom. The van der Waals surface area contributed by atoms with Crippen molar-refractivity contribution in [2.75, 3.05) is 18.5 Å². The van der Waals surface area contributed by atoms with E-state index in [2.05, 4.69) is 36.5 Å². The van der Waals surface area contributed by atoms with Gasteiger partial charge in [0.1, 0.15) is 17.8 Å². The Morgan fingerprint density at radius 3 is 3.00 bits per heavy atom. The zero-order valence-corrected chi connectivity index (χ0v) is 15.0. The monoisotopic (exact) mass is 390 g/mol. The van der Waals surface area contributed by atoms with Crippen molar-refractivity contribution in [3.63, 3.8) is 0 Å². The van der Waals surface area contributed by atoms with Gasteiger partial charge < -0.3 is 15.4 Å². The minimum absolute atomic E-state index is 0.110. The van der Waals surface area contributed by atoms with E-state index in [1.54, 1.807) is 6.07 Å². The summed E-state index contributed by atoms with van der Waals surface area (Å²) < 4.78 is 6.55. The van der Waals surface area contributed by atoms with Crippen molar-refractivity contribution < 1.29 is 9.53 Å². The number of ether oxygens (including phenoxy) is 1. The smallest absolute Gasteiger partial charge is 0.270 e. The lowest BCUT2D eigenvalue weighted by Gasteiger charge is -2.11. The number of benzene rings is 1. The standard InChI is InChI=1S/C17H19BrN4O2/c1-11-7-12(4-5-14(11)18)22-16-8-15(20-10-21-16)17(23)19-9-13-3-2-6-24-13/h4-5,7-8,10,13H,2-3,6,9H2,1H3,(H,19,23)(H,20,21,22). The molecule has 1 aromatic carbocycles. The Labute approximate surface area is 149 Å². The molecule has 6 nitrogen and oxygen atoms in total. The molecular weight excluding hydrogens is 372 g/mol. The maximum atomic E-state index is 12.2. The van der Waals surface area contributed by atoms with E-state index in [1.807, 2.05) is 25.1 Å². The molecule has 1 aliphatic rings. The Morgan fingerprint density at radius 2 is 2.25 bits per heavy atom. The fraction of sp³-hybridized carbons (Fsp3) is 0.353. The SMILES string of the molecule is Cc1cc(Nc2cc(C(=O)NCC3CCCO3)ncn2)ccc1Br. The van der Waals surface area contributed by atoms with Crippen LogP contribution in [0.2, 0.25) is 0 Å². The van der Waals surface area contributed by atoms with E-state index in [9.17, 15) is 4.79 Å². The molecule has 7 heteroatoms. The van der Waals surface area contributed by atoms with Crippen LogP contribution in [0.15, 0.2) is 35.1 Å². The van der Waals surface area contributed by atoms with Gasteiger partial charge in [-0.25, -0.2) is 9.97 Å². The number of rotatable bonds is 5. The number of anilines is 2. The molecule has 24 heavy (non-hydrogen) atoms. The summed E-state index contributed by atoms with van der Waals surface area (Å²) in [6, 6.07) is 7.55. The number of hydrogen-bond acceptors (Lipinski definition) is 5. The van der Waals surface area contributed by atoms with Gasteiger partial charge in [-0.2, -0.15) is 0 Å². The van der Waals surface area contributed by atoms with Crippen molar-refractivity contribution in [3.8, 4) is 0 Å². The number of nitrogens with zero attached hydrogens (tertiary/aromatic N) is 2. The molecule has 1 atom stereocenters. The average Bonchev–Trinajstić information content (AvgIpc) is 3.10. The summed E-state index contributed by atoms with van der Waals surface area (Å²) in [6.45, 7) is 3.30. The fourth-order valence-corrected chi connectivity index (χ4v) is 2.77. The minimum Gasteiger partial charge on any atom is -0.376 e. The molecule has 0 aliphatic carbocycles. The van der Waals surface area contributed by atoms with Gasteiger partial charge in [0.2, 0.25) is 0 Å². The maximum Gasteiger partial charge on any atom is 0.270 e. The second-order valence-electron chi connectivity index (χ2n) is 5.72. The number of aryl methyl sites for hydroxylation is 1. The highest BCUT2D eigenvalue weighted by Gasteiger charge is 2.17. The molecule has 1 aromatic heterocycles. The first-order chi connectivity index (χ1) is 11.6.